The monoisotopic (exact) mass is 292 g/mol. The molecule has 0 N–H and O–H groups in total. The summed E-state index contributed by atoms with van der Waals surface area (Å²) in [5.41, 5.74) is 1.14. The van der Waals surface area contributed by atoms with Gasteiger partial charge in [0.15, 0.2) is 11.6 Å². The molecule has 0 spiro atoms. The summed E-state index contributed by atoms with van der Waals surface area (Å²) in [5.74, 6) is -0.604. The summed E-state index contributed by atoms with van der Waals surface area (Å²) in [6.07, 6.45) is 0.437. The average Bonchev–Trinajstić information content (AvgIpc) is 2.79. The van der Waals surface area contributed by atoms with Crippen molar-refractivity contribution < 1.29 is 19.0 Å². The molecule has 0 saturated carbocycles. The number of benzene rings is 1. The van der Waals surface area contributed by atoms with Crippen molar-refractivity contribution in [3.05, 3.63) is 35.9 Å². The van der Waals surface area contributed by atoms with Crippen LogP contribution < -0.4 is 0 Å². The van der Waals surface area contributed by atoms with Crippen molar-refractivity contribution in [1.82, 2.24) is 0 Å². The largest absolute Gasteiger partial charge is 0.377 e. The molecule has 0 unspecified atom stereocenters. The second-order valence-electron chi connectivity index (χ2n) is 5.74. The fourth-order valence-electron chi connectivity index (χ4n) is 2.48. The summed E-state index contributed by atoms with van der Waals surface area (Å²) in [4.78, 5) is 11.9. The van der Waals surface area contributed by atoms with Gasteiger partial charge in [0.25, 0.3) is 0 Å². The molecule has 1 aromatic carbocycles. The van der Waals surface area contributed by atoms with E-state index in [1.807, 2.05) is 51.1 Å². The molecule has 21 heavy (non-hydrogen) atoms. The molecule has 0 radical (unpaired) electrons. The molecule has 2 rings (SSSR count). The van der Waals surface area contributed by atoms with Crippen LogP contribution in [0.25, 0.3) is 0 Å². The van der Waals surface area contributed by atoms with Gasteiger partial charge in [0.05, 0.1) is 12.7 Å². The first-order valence-corrected chi connectivity index (χ1v) is 7.52. The van der Waals surface area contributed by atoms with Crippen LogP contribution in [0.15, 0.2) is 30.3 Å². The van der Waals surface area contributed by atoms with Crippen molar-refractivity contribution in [2.75, 3.05) is 6.61 Å². The van der Waals surface area contributed by atoms with Crippen LogP contribution >= 0.6 is 0 Å². The van der Waals surface area contributed by atoms with Gasteiger partial charge in [0, 0.05) is 19.4 Å². The van der Waals surface area contributed by atoms with Crippen molar-refractivity contribution in [3.8, 4) is 0 Å². The van der Waals surface area contributed by atoms with E-state index in [2.05, 4.69) is 0 Å². The molecule has 0 aromatic heterocycles. The summed E-state index contributed by atoms with van der Waals surface area (Å²) in [6, 6.07) is 10.0. The van der Waals surface area contributed by atoms with Crippen LogP contribution in [0.3, 0.4) is 0 Å². The first-order valence-electron chi connectivity index (χ1n) is 7.52. The van der Waals surface area contributed by atoms with E-state index in [4.69, 9.17) is 14.2 Å². The minimum atomic E-state index is -0.695. The van der Waals surface area contributed by atoms with Gasteiger partial charge < -0.3 is 14.2 Å². The maximum atomic E-state index is 11.9. The second kappa shape index (κ2) is 7.16. The lowest BCUT2D eigenvalue weighted by atomic mass is 10.1. The Balaban J connectivity index is 1.79. The SMILES string of the molecule is CCC(=O)[C@@H]1OC(C)(C)O[C@H]1CCOCc1ccccc1. The van der Waals surface area contributed by atoms with Gasteiger partial charge in [-0.05, 0) is 19.4 Å². The van der Waals surface area contributed by atoms with E-state index in [0.29, 0.717) is 26.1 Å². The molecule has 4 heteroatoms. The number of ketones is 1. The molecule has 1 aliphatic rings. The third-order valence-electron chi connectivity index (χ3n) is 3.51. The van der Waals surface area contributed by atoms with Gasteiger partial charge in [-0.15, -0.1) is 0 Å². The van der Waals surface area contributed by atoms with Crippen LogP contribution in [0.2, 0.25) is 0 Å². The Morgan fingerprint density at radius 1 is 1.24 bits per heavy atom. The highest BCUT2D eigenvalue weighted by Gasteiger charge is 2.43. The zero-order valence-electron chi connectivity index (χ0n) is 13.0. The third kappa shape index (κ3) is 4.63. The summed E-state index contributed by atoms with van der Waals surface area (Å²) in [7, 11) is 0. The predicted molar refractivity (Wildman–Crippen MR) is 79.8 cm³/mol. The van der Waals surface area contributed by atoms with E-state index in [1.165, 1.54) is 0 Å². The molecule has 4 nitrogen and oxygen atoms in total. The van der Waals surface area contributed by atoms with Crippen molar-refractivity contribution in [1.29, 1.82) is 0 Å². The van der Waals surface area contributed by atoms with Crippen LogP contribution in [-0.4, -0.2) is 30.4 Å². The van der Waals surface area contributed by atoms with E-state index in [1.54, 1.807) is 0 Å². The molecule has 0 bridgehead atoms. The summed E-state index contributed by atoms with van der Waals surface area (Å²) >= 11 is 0. The van der Waals surface area contributed by atoms with Crippen molar-refractivity contribution in [2.24, 2.45) is 0 Å². The molecule has 1 fully saturated rings. The van der Waals surface area contributed by atoms with Gasteiger partial charge in [-0.3, -0.25) is 4.79 Å². The van der Waals surface area contributed by atoms with Crippen molar-refractivity contribution in [3.63, 3.8) is 0 Å². The molecule has 1 aliphatic heterocycles. The van der Waals surface area contributed by atoms with E-state index in [-0.39, 0.29) is 11.9 Å². The zero-order chi connectivity index (χ0) is 15.3. The highest BCUT2D eigenvalue weighted by molar-refractivity contribution is 5.83. The molecular formula is C17H24O4. The van der Waals surface area contributed by atoms with Gasteiger partial charge in [-0.25, -0.2) is 0 Å². The molecular weight excluding hydrogens is 268 g/mol. The van der Waals surface area contributed by atoms with E-state index in [0.717, 1.165) is 5.56 Å². The highest BCUT2D eigenvalue weighted by atomic mass is 16.8. The molecule has 1 heterocycles. The minimum Gasteiger partial charge on any atom is -0.377 e. The fourth-order valence-corrected chi connectivity index (χ4v) is 2.48. The lowest BCUT2D eigenvalue weighted by Crippen LogP contribution is -2.32. The lowest BCUT2D eigenvalue weighted by molar-refractivity contribution is -0.155. The Kier molecular flexibility index (Phi) is 5.51. The molecule has 1 saturated heterocycles. The zero-order valence-corrected chi connectivity index (χ0v) is 13.0. The number of hydrogen-bond donors (Lipinski definition) is 0. The number of ether oxygens (including phenoxy) is 3. The smallest absolute Gasteiger partial charge is 0.164 e. The Morgan fingerprint density at radius 2 is 1.95 bits per heavy atom. The van der Waals surface area contributed by atoms with Crippen molar-refractivity contribution >= 4 is 5.78 Å². The third-order valence-corrected chi connectivity index (χ3v) is 3.51. The predicted octanol–water partition coefficient (Wildman–Crippen LogP) is 3.09. The number of carbonyl (C=O) groups excluding carboxylic acids is 1. The lowest BCUT2D eigenvalue weighted by Gasteiger charge is -2.16. The van der Waals surface area contributed by atoms with Gasteiger partial charge in [0.1, 0.15) is 6.10 Å². The summed E-state index contributed by atoms with van der Waals surface area (Å²) in [5, 5.41) is 0. The topological polar surface area (TPSA) is 44.8 Å². The number of carbonyl (C=O) groups is 1. The first-order chi connectivity index (χ1) is 10.0. The Bertz CT molecular complexity index is 455. The summed E-state index contributed by atoms with van der Waals surface area (Å²) in [6.45, 7) is 6.65. The maximum absolute atomic E-state index is 11.9. The second-order valence-corrected chi connectivity index (χ2v) is 5.74. The maximum Gasteiger partial charge on any atom is 0.164 e. The Morgan fingerprint density at radius 3 is 2.62 bits per heavy atom. The molecule has 2 atom stereocenters. The van der Waals surface area contributed by atoms with Crippen LogP contribution in [-0.2, 0) is 25.6 Å². The van der Waals surface area contributed by atoms with Gasteiger partial charge in [0.2, 0.25) is 0 Å². The highest BCUT2D eigenvalue weighted by Crippen LogP contribution is 2.31. The fraction of sp³-hybridized carbons (Fsp3) is 0.588. The van der Waals surface area contributed by atoms with Crippen LogP contribution in [0, 0.1) is 0 Å². The standard InChI is InChI=1S/C17H24O4/c1-4-14(18)16-15(20-17(2,3)21-16)10-11-19-12-13-8-6-5-7-9-13/h5-9,15-16H,4,10-12H2,1-3H3/t15-,16-/m0/s1. The molecule has 0 amide bonds. The first kappa shape index (κ1) is 16.1. The van der Waals surface area contributed by atoms with Crippen LogP contribution in [0.1, 0.15) is 39.2 Å². The van der Waals surface area contributed by atoms with Crippen LogP contribution in [0.5, 0.6) is 0 Å². The number of hydrogen-bond acceptors (Lipinski definition) is 4. The molecule has 116 valence electrons. The van der Waals surface area contributed by atoms with E-state index >= 15 is 0 Å². The molecule has 1 aromatic rings. The van der Waals surface area contributed by atoms with Gasteiger partial charge >= 0.3 is 0 Å². The van der Waals surface area contributed by atoms with Crippen molar-refractivity contribution in [2.45, 2.75) is 58.2 Å². The summed E-state index contributed by atoms with van der Waals surface area (Å²) < 4.78 is 17.2. The normalized spacial score (nSPS) is 24.1. The average molecular weight is 292 g/mol. The number of rotatable bonds is 7. The Labute approximate surface area is 126 Å². The van der Waals surface area contributed by atoms with Gasteiger partial charge in [-0.2, -0.15) is 0 Å². The Hall–Kier alpha value is -1.23. The number of Topliss-reactive ketones (excluding diaryl/α,β-unsaturated/α-hetero) is 1. The van der Waals surface area contributed by atoms with E-state index in [9.17, 15) is 4.79 Å². The quantitative estimate of drug-likeness (QED) is 0.724. The minimum absolute atomic E-state index is 0.0913. The van der Waals surface area contributed by atoms with Gasteiger partial charge in [-0.1, -0.05) is 37.3 Å². The molecule has 0 aliphatic carbocycles. The van der Waals surface area contributed by atoms with Crippen LogP contribution in [0.4, 0.5) is 0 Å². The van der Waals surface area contributed by atoms with E-state index < -0.39 is 11.9 Å².